The molecule has 0 radical (unpaired) electrons. The largest absolute Gasteiger partial charge is 0.487 e. The molecule has 1 aliphatic heterocycles. The molecule has 1 aliphatic rings. The highest BCUT2D eigenvalue weighted by atomic mass is 19.4. The molecule has 0 saturated carbocycles. The van der Waals surface area contributed by atoms with Crippen LogP contribution in [0.5, 0.6) is 5.75 Å². The van der Waals surface area contributed by atoms with Gasteiger partial charge < -0.3 is 9.84 Å². The van der Waals surface area contributed by atoms with Crippen LogP contribution in [0.15, 0.2) is 18.2 Å². The summed E-state index contributed by atoms with van der Waals surface area (Å²) in [6.07, 6.45) is -4.55. The summed E-state index contributed by atoms with van der Waals surface area (Å²) in [5.74, 6) is 0.421. The molecule has 1 aromatic rings. The minimum atomic E-state index is -4.35. The van der Waals surface area contributed by atoms with Crippen molar-refractivity contribution >= 4 is 0 Å². The molecule has 0 amide bonds. The Hall–Kier alpha value is -1.23. The molecule has 0 saturated heterocycles. The molecule has 1 N–H and O–H groups in total. The van der Waals surface area contributed by atoms with Gasteiger partial charge in [-0.15, -0.1) is 0 Å². The molecule has 5 heteroatoms. The average Bonchev–Trinajstić information content (AvgIpc) is 2.57. The van der Waals surface area contributed by atoms with Crippen molar-refractivity contribution in [2.24, 2.45) is 0 Å². The fraction of sp³-hybridized carbons (Fsp3) is 0.500. The van der Waals surface area contributed by atoms with Crippen LogP contribution in [0.1, 0.15) is 25.0 Å². The van der Waals surface area contributed by atoms with E-state index in [2.05, 4.69) is 0 Å². The Bertz CT molecular complexity index is 432. The normalized spacial score (nSPS) is 20.0. The molecule has 2 nitrogen and oxygen atoms in total. The second kappa shape index (κ2) is 3.63. The standard InChI is InChI=1S/C12H13F3O2/c1-11(2,16)10-6-7-5-8(12(13,14)15)3-4-9(7)17-10/h3-5,10,16H,6H2,1-2H3. The van der Waals surface area contributed by atoms with E-state index in [-0.39, 0.29) is 0 Å². The van der Waals surface area contributed by atoms with E-state index in [0.29, 0.717) is 17.7 Å². The Balaban J connectivity index is 2.29. The Labute approximate surface area is 97.0 Å². The van der Waals surface area contributed by atoms with Gasteiger partial charge in [0.15, 0.2) is 0 Å². The quantitative estimate of drug-likeness (QED) is 0.825. The van der Waals surface area contributed by atoms with Gasteiger partial charge in [-0.2, -0.15) is 13.2 Å². The summed E-state index contributed by atoms with van der Waals surface area (Å²) in [6, 6.07) is 3.39. The highest BCUT2D eigenvalue weighted by molar-refractivity contribution is 5.42. The molecular formula is C12H13F3O2. The van der Waals surface area contributed by atoms with Crippen LogP contribution in [0, 0.1) is 0 Å². The molecule has 1 unspecified atom stereocenters. The smallest absolute Gasteiger partial charge is 0.416 e. The van der Waals surface area contributed by atoms with Gasteiger partial charge in [-0.3, -0.25) is 0 Å². The van der Waals surface area contributed by atoms with Gasteiger partial charge in [0.05, 0.1) is 11.2 Å². The second-order valence-electron chi connectivity index (χ2n) is 4.78. The van der Waals surface area contributed by atoms with E-state index in [1.54, 1.807) is 13.8 Å². The van der Waals surface area contributed by atoms with Crippen molar-refractivity contribution in [1.82, 2.24) is 0 Å². The van der Waals surface area contributed by atoms with Gasteiger partial charge in [0.1, 0.15) is 11.9 Å². The summed E-state index contributed by atoms with van der Waals surface area (Å²) in [4.78, 5) is 0. The minimum Gasteiger partial charge on any atom is -0.487 e. The summed E-state index contributed by atoms with van der Waals surface area (Å²) in [7, 11) is 0. The van der Waals surface area contributed by atoms with Gasteiger partial charge in [-0.1, -0.05) is 0 Å². The first kappa shape index (κ1) is 12.2. The average molecular weight is 246 g/mol. The topological polar surface area (TPSA) is 29.5 Å². The van der Waals surface area contributed by atoms with Crippen molar-refractivity contribution in [2.75, 3.05) is 0 Å². The molecule has 0 bridgehead atoms. The van der Waals surface area contributed by atoms with Crippen LogP contribution in [0.2, 0.25) is 0 Å². The van der Waals surface area contributed by atoms with Crippen molar-refractivity contribution in [2.45, 2.75) is 38.1 Å². The number of benzene rings is 1. The SMILES string of the molecule is CC(C)(O)C1Cc2cc(C(F)(F)F)ccc2O1. The van der Waals surface area contributed by atoms with E-state index in [9.17, 15) is 18.3 Å². The Morgan fingerprint density at radius 2 is 1.94 bits per heavy atom. The summed E-state index contributed by atoms with van der Waals surface area (Å²) >= 11 is 0. The zero-order valence-electron chi connectivity index (χ0n) is 9.51. The van der Waals surface area contributed by atoms with Crippen molar-refractivity contribution in [1.29, 1.82) is 0 Å². The van der Waals surface area contributed by atoms with Crippen LogP contribution >= 0.6 is 0 Å². The molecule has 17 heavy (non-hydrogen) atoms. The number of halogens is 3. The van der Waals surface area contributed by atoms with Crippen LogP contribution in [0.25, 0.3) is 0 Å². The number of hydrogen-bond acceptors (Lipinski definition) is 2. The zero-order chi connectivity index (χ0) is 12.8. The van der Waals surface area contributed by atoms with Gasteiger partial charge in [-0.25, -0.2) is 0 Å². The third kappa shape index (κ3) is 2.39. The maximum atomic E-state index is 12.5. The third-order valence-corrected chi connectivity index (χ3v) is 2.85. The van der Waals surface area contributed by atoms with Gasteiger partial charge in [0.2, 0.25) is 0 Å². The van der Waals surface area contributed by atoms with Crippen LogP contribution in [-0.2, 0) is 12.6 Å². The molecule has 94 valence electrons. The van der Waals surface area contributed by atoms with Crippen molar-refractivity contribution in [3.63, 3.8) is 0 Å². The number of rotatable bonds is 1. The highest BCUT2D eigenvalue weighted by Crippen LogP contribution is 2.37. The summed E-state index contributed by atoms with van der Waals surface area (Å²) < 4.78 is 42.9. The first-order valence-electron chi connectivity index (χ1n) is 5.27. The van der Waals surface area contributed by atoms with E-state index in [0.717, 1.165) is 12.1 Å². The maximum Gasteiger partial charge on any atom is 0.416 e. The minimum absolute atomic E-state index is 0.294. The van der Waals surface area contributed by atoms with Crippen LogP contribution in [0.3, 0.4) is 0 Å². The Morgan fingerprint density at radius 1 is 1.29 bits per heavy atom. The fourth-order valence-electron chi connectivity index (χ4n) is 1.82. The molecule has 0 fully saturated rings. The molecule has 0 aromatic heterocycles. The Kier molecular flexibility index (Phi) is 2.61. The van der Waals surface area contributed by atoms with Gasteiger partial charge in [0, 0.05) is 6.42 Å². The van der Waals surface area contributed by atoms with Gasteiger partial charge in [-0.05, 0) is 37.6 Å². The molecule has 1 aromatic carbocycles. The molecule has 1 heterocycles. The van der Waals surface area contributed by atoms with Crippen molar-refractivity contribution in [3.8, 4) is 5.75 Å². The molecule has 0 spiro atoms. The molecule has 1 atom stereocenters. The number of ether oxygens (including phenoxy) is 1. The van der Waals surface area contributed by atoms with E-state index in [4.69, 9.17) is 4.74 Å². The summed E-state index contributed by atoms with van der Waals surface area (Å²) in [5, 5.41) is 9.77. The predicted molar refractivity (Wildman–Crippen MR) is 55.9 cm³/mol. The number of hydrogen-bond donors (Lipinski definition) is 1. The third-order valence-electron chi connectivity index (χ3n) is 2.85. The number of fused-ring (bicyclic) bond motifs is 1. The monoisotopic (exact) mass is 246 g/mol. The van der Waals surface area contributed by atoms with Crippen LogP contribution in [-0.4, -0.2) is 16.8 Å². The predicted octanol–water partition coefficient (Wildman–Crippen LogP) is 2.78. The number of alkyl halides is 3. The summed E-state index contributed by atoms with van der Waals surface area (Å²) in [6.45, 7) is 3.16. The fourth-order valence-corrected chi connectivity index (χ4v) is 1.82. The lowest BCUT2D eigenvalue weighted by atomic mass is 9.96. The first-order valence-corrected chi connectivity index (χ1v) is 5.27. The van der Waals surface area contributed by atoms with E-state index < -0.39 is 23.4 Å². The lowest BCUT2D eigenvalue weighted by molar-refractivity contribution is -0.137. The maximum absolute atomic E-state index is 12.5. The van der Waals surface area contributed by atoms with Crippen LogP contribution in [0.4, 0.5) is 13.2 Å². The molecular weight excluding hydrogens is 233 g/mol. The number of aliphatic hydroxyl groups is 1. The van der Waals surface area contributed by atoms with E-state index >= 15 is 0 Å². The second-order valence-corrected chi connectivity index (χ2v) is 4.78. The van der Waals surface area contributed by atoms with Gasteiger partial charge in [0.25, 0.3) is 0 Å². The lowest BCUT2D eigenvalue weighted by Gasteiger charge is -2.24. The van der Waals surface area contributed by atoms with Crippen LogP contribution < -0.4 is 4.74 Å². The first-order chi connectivity index (χ1) is 7.68. The lowest BCUT2D eigenvalue weighted by Crippen LogP contribution is -2.39. The molecule has 0 aliphatic carbocycles. The van der Waals surface area contributed by atoms with Crippen molar-refractivity contribution in [3.05, 3.63) is 29.3 Å². The Morgan fingerprint density at radius 3 is 2.47 bits per heavy atom. The van der Waals surface area contributed by atoms with Crippen molar-refractivity contribution < 1.29 is 23.0 Å². The summed E-state index contributed by atoms with van der Waals surface area (Å²) in [5.41, 5.74) is -1.26. The molecule has 2 rings (SSSR count). The van der Waals surface area contributed by atoms with E-state index in [1.165, 1.54) is 6.07 Å². The van der Waals surface area contributed by atoms with E-state index in [1.807, 2.05) is 0 Å². The zero-order valence-corrected chi connectivity index (χ0v) is 9.51. The highest BCUT2D eigenvalue weighted by Gasteiger charge is 2.37. The van der Waals surface area contributed by atoms with Gasteiger partial charge >= 0.3 is 6.18 Å².